The largest absolute Gasteiger partial charge is 0.493 e. The van der Waals surface area contributed by atoms with E-state index in [0.717, 1.165) is 0 Å². The quantitative estimate of drug-likeness (QED) is 0.442. The molecule has 0 aliphatic heterocycles. The van der Waals surface area contributed by atoms with Crippen LogP contribution in [0, 0.1) is 0 Å². The fraction of sp³-hybridized carbons (Fsp3) is 0.125. The zero-order valence-corrected chi connectivity index (χ0v) is 17.1. The first-order valence-corrected chi connectivity index (χ1v) is 9.40. The van der Waals surface area contributed by atoms with Gasteiger partial charge in [0.2, 0.25) is 0 Å². The van der Waals surface area contributed by atoms with Crippen molar-refractivity contribution >= 4 is 23.3 Å². The van der Waals surface area contributed by atoms with Gasteiger partial charge >= 0.3 is 5.97 Å². The van der Waals surface area contributed by atoms with Gasteiger partial charge in [0.15, 0.2) is 23.9 Å². The lowest BCUT2D eigenvalue weighted by molar-refractivity contribution is -0.142. The molecule has 0 saturated carbocycles. The molecule has 0 unspecified atom stereocenters. The van der Waals surface area contributed by atoms with Crippen molar-refractivity contribution in [3.63, 3.8) is 0 Å². The van der Waals surface area contributed by atoms with Crippen LogP contribution in [0.1, 0.15) is 26.3 Å². The Hall–Kier alpha value is -4.13. The summed E-state index contributed by atoms with van der Waals surface area (Å²) < 4.78 is 15.1. The molecule has 0 aliphatic rings. The minimum atomic E-state index is -0.534. The lowest BCUT2D eigenvalue weighted by Crippen LogP contribution is -2.14. The van der Waals surface area contributed by atoms with Crippen molar-refractivity contribution in [1.82, 2.24) is 0 Å². The van der Waals surface area contributed by atoms with Gasteiger partial charge < -0.3 is 19.5 Å². The van der Waals surface area contributed by atoms with E-state index < -0.39 is 5.97 Å². The Kier molecular flexibility index (Phi) is 7.01. The molecular weight excluding hydrogens is 398 g/mol. The number of anilines is 1. The number of rotatable bonds is 8. The molecule has 7 heteroatoms. The molecule has 3 rings (SSSR count). The van der Waals surface area contributed by atoms with Crippen molar-refractivity contribution < 1.29 is 28.6 Å². The zero-order chi connectivity index (χ0) is 22.2. The first-order chi connectivity index (χ1) is 15.0. The number of esters is 1. The summed E-state index contributed by atoms with van der Waals surface area (Å²) in [7, 11) is 2.69. The second-order valence-corrected chi connectivity index (χ2v) is 6.46. The Morgan fingerprint density at radius 2 is 1.52 bits per heavy atom. The molecule has 158 valence electrons. The van der Waals surface area contributed by atoms with Gasteiger partial charge in [-0.2, -0.15) is 0 Å². The number of carbonyl (C=O) groups excluding carboxylic acids is 3. The smallest absolute Gasteiger partial charge is 0.343 e. The summed E-state index contributed by atoms with van der Waals surface area (Å²) in [6.45, 7) is -0.277. The molecule has 31 heavy (non-hydrogen) atoms. The fourth-order valence-corrected chi connectivity index (χ4v) is 2.82. The third kappa shape index (κ3) is 5.48. The van der Waals surface area contributed by atoms with Crippen molar-refractivity contribution in [2.45, 2.75) is 0 Å². The molecule has 0 atom stereocenters. The minimum absolute atomic E-state index is 0.134. The first-order valence-electron chi connectivity index (χ1n) is 9.40. The number of ketones is 1. The van der Waals surface area contributed by atoms with Crippen LogP contribution in [0.5, 0.6) is 11.5 Å². The fourth-order valence-electron chi connectivity index (χ4n) is 2.82. The van der Waals surface area contributed by atoms with E-state index in [1.807, 2.05) is 6.07 Å². The van der Waals surface area contributed by atoms with Crippen LogP contribution < -0.4 is 14.8 Å². The molecule has 0 saturated heterocycles. The molecule has 0 bridgehead atoms. The van der Waals surface area contributed by atoms with Gasteiger partial charge in [0.1, 0.15) is 0 Å². The third-order valence-corrected chi connectivity index (χ3v) is 4.42. The summed E-state index contributed by atoms with van der Waals surface area (Å²) in [6.07, 6.45) is 0. The Balaban J connectivity index is 1.74. The van der Waals surface area contributed by atoms with Gasteiger partial charge in [-0.25, -0.2) is 4.79 Å². The topological polar surface area (TPSA) is 90.9 Å². The highest BCUT2D eigenvalue weighted by Gasteiger charge is 2.14. The summed E-state index contributed by atoms with van der Waals surface area (Å²) in [5.41, 5.74) is 1.84. The maximum Gasteiger partial charge on any atom is 0.343 e. The maximum absolute atomic E-state index is 12.7. The van der Waals surface area contributed by atoms with Gasteiger partial charge in [-0.15, -0.1) is 0 Å². The van der Waals surface area contributed by atoms with Crippen molar-refractivity contribution in [3.05, 3.63) is 89.5 Å². The number of amides is 1. The van der Waals surface area contributed by atoms with Crippen molar-refractivity contribution in [2.24, 2.45) is 0 Å². The SMILES string of the molecule is COC(=O)COc1ccc(C(=O)Nc2cccc(C(=O)c3ccccc3)c2)cc1OC. The average molecular weight is 419 g/mol. The highest BCUT2D eigenvalue weighted by Crippen LogP contribution is 2.28. The number of carbonyl (C=O) groups is 3. The van der Waals surface area contributed by atoms with Gasteiger partial charge in [-0.05, 0) is 30.3 Å². The predicted molar refractivity (Wildman–Crippen MR) is 115 cm³/mol. The lowest BCUT2D eigenvalue weighted by Gasteiger charge is -2.12. The summed E-state index contributed by atoms with van der Waals surface area (Å²) in [4.78, 5) is 36.6. The predicted octanol–water partition coefficient (Wildman–Crippen LogP) is 3.73. The van der Waals surface area contributed by atoms with Gasteiger partial charge in [-0.3, -0.25) is 9.59 Å². The number of hydrogen-bond acceptors (Lipinski definition) is 6. The third-order valence-electron chi connectivity index (χ3n) is 4.42. The summed E-state index contributed by atoms with van der Waals surface area (Å²) in [5.74, 6) is -0.453. The van der Waals surface area contributed by atoms with E-state index in [9.17, 15) is 14.4 Å². The minimum Gasteiger partial charge on any atom is -0.493 e. The Bertz CT molecular complexity index is 1090. The van der Waals surface area contributed by atoms with E-state index in [-0.39, 0.29) is 18.3 Å². The number of benzene rings is 3. The van der Waals surface area contributed by atoms with Crippen molar-refractivity contribution in [2.75, 3.05) is 26.1 Å². The van der Waals surface area contributed by atoms with E-state index in [1.165, 1.54) is 26.4 Å². The Labute approximate surface area is 179 Å². The van der Waals surface area contributed by atoms with E-state index in [0.29, 0.717) is 33.9 Å². The number of nitrogens with one attached hydrogen (secondary N) is 1. The number of hydrogen-bond donors (Lipinski definition) is 1. The molecule has 3 aromatic rings. The van der Waals surface area contributed by atoms with Crippen LogP contribution in [0.4, 0.5) is 5.69 Å². The Morgan fingerprint density at radius 3 is 2.23 bits per heavy atom. The monoisotopic (exact) mass is 419 g/mol. The molecule has 7 nitrogen and oxygen atoms in total. The molecule has 0 fully saturated rings. The van der Waals surface area contributed by atoms with Crippen LogP contribution in [0.3, 0.4) is 0 Å². The second kappa shape index (κ2) is 10.1. The molecule has 1 N–H and O–H groups in total. The van der Waals surface area contributed by atoms with Crippen LogP contribution in [0.25, 0.3) is 0 Å². The summed E-state index contributed by atoms with van der Waals surface area (Å²) >= 11 is 0. The molecule has 0 radical (unpaired) electrons. The molecule has 1 amide bonds. The molecule has 0 heterocycles. The molecule has 3 aromatic carbocycles. The average Bonchev–Trinajstić information content (AvgIpc) is 2.82. The molecule has 0 aromatic heterocycles. The maximum atomic E-state index is 12.7. The van der Waals surface area contributed by atoms with Crippen LogP contribution >= 0.6 is 0 Å². The van der Waals surface area contributed by atoms with E-state index >= 15 is 0 Å². The summed E-state index contributed by atoms with van der Waals surface area (Å²) in [5, 5.41) is 2.77. The van der Waals surface area contributed by atoms with Crippen molar-refractivity contribution in [1.29, 1.82) is 0 Å². The Morgan fingerprint density at radius 1 is 0.774 bits per heavy atom. The molecule has 0 aliphatic carbocycles. The van der Waals surface area contributed by atoms with Crippen molar-refractivity contribution in [3.8, 4) is 11.5 Å². The number of methoxy groups -OCH3 is 2. The van der Waals surface area contributed by atoms with Gasteiger partial charge in [0, 0.05) is 22.4 Å². The van der Waals surface area contributed by atoms with Crippen LogP contribution in [-0.4, -0.2) is 38.5 Å². The van der Waals surface area contributed by atoms with E-state index in [1.54, 1.807) is 54.6 Å². The first kappa shape index (κ1) is 21.6. The van der Waals surface area contributed by atoms with E-state index in [2.05, 4.69) is 10.1 Å². The van der Waals surface area contributed by atoms with Gasteiger partial charge in [0.05, 0.1) is 14.2 Å². The normalized spacial score (nSPS) is 10.1. The van der Waals surface area contributed by atoms with Crippen LogP contribution in [-0.2, 0) is 9.53 Å². The highest BCUT2D eigenvalue weighted by atomic mass is 16.6. The van der Waals surface area contributed by atoms with Gasteiger partial charge in [0.25, 0.3) is 5.91 Å². The van der Waals surface area contributed by atoms with Crippen LogP contribution in [0.15, 0.2) is 72.8 Å². The molecule has 0 spiro atoms. The van der Waals surface area contributed by atoms with Gasteiger partial charge in [-0.1, -0.05) is 42.5 Å². The standard InChI is InChI=1S/C24H21NO6/c1-29-21-14-18(11-12-20(21)31-15-22(26)30-2)24(28)25-19-10-6-9-17(13-19)23(27)16-7-4-3-5-8-16/h3-14H,15H2,1-2H3,(H,25,28). The summed E-state index contributed by atoms with van der Waals surface area (Å²) in [6, 6.07) is 20.2. The second-order valence-electron chi connectivity index (χ2n) is 6.46. The van der Waals surface area contributed by atoms with Crippen LogP contribution in [0.2, 0.25) is 0 Å². The number of ether oxygens (including phenoxy) is 3. The lowest BCUT2D eigenvalue weighted by atomic mass is 10.0. The van der Waals surface area contributed by atoms with E-state index in [4.69, 9.17) is 9.47 Å². The highest BCUT2D eigenvalue weighted by molar-refractivity contribution is 6.10. The zero-order valence-electron chi connectivity index (χ0n) is 17.1. The molecular formula is C24H21NO6.